The minimum atomic E-state index is -0.700. The molecule has 2 rings (SSSR count). The van der Waals surface area contributed by atoms with Gasteiger partial charge in [0.05, 0.1) is 7.11 Å². The molecule has 148 valence electrons. The molecule has 0 spiro atoms. The van der Waals surface area contributed by atoms with Crippen LogP contribution in [0.15, 0.2) is 36.4 Å². The molecule has 1 amide bonds. The van der Waals surface area contributed by atoms with E-state index in [0.29, 0.717) is 22.7 Å². The summed E-state index contributed by atoms with van der Waals surface area (Å²) in [7, 11) is 1.43. The van der Waals surface area contributed by atoms with Gasteiger partial charge in [0.2, 0.25) is 0 Å². The van der Waals surface area contributed by atoms with Crippen molar-refractivity contribution < 1.29 is 28.6 Å². The first-order valence-electron chi connectivity index (χ1n) is 8.64. The third kappa shape index (κ3) is 5.84. The van der Waals surface area contributed by atoms with Crippen molar-refractivity contribution in [3.05, 3.63) is 53.1 Å². The number of ether oxygens (including phenoxy) is 3. The highest BCUT2D eigenvalue weighted by atomic mass is 16.6. The number of Topliss-reactive ketones (excluding diaryl/α,β-unsaturated/α-hetero) is 1. The lowest BCUT2D eigenvalue weighted by Crippen LogP contribution is -2.24. The van der Waals surface area contributed by atoms with Crippen molar-refractivity contribution in [2.45, 2.75) is 20.8 Å². The van der Waals surface area contributed by atoms with Crippen LogP contribution in [0.4, 0.5) is 5.69 Å². The number of esters is 1. The number of ketones is 1. The Morgan fingerprint density at radius 2 is 1.71 bits per heavy atom. The van der Waals surface area contributed by atoms with E-state index in [-0.39, 0.29) is 5.78 Å². The maximum absolute atomic E-state index is 12.0. The van der Waals surface area contributed by atoms with E-state index in [1.54, 1.807) is 6.07 Å². The molecule has 7 nitrogen and oxygen atoms in total. The fourth-order valence-electron chi connectivity index (χ4n) is 2.39. The van der Waals surface area contributed by atoms with E-state index in [2.05, 4.69) is 5.32 Å². The summed E-state index contributed by atoms with van der Waals surface area (Å²) in [6, 6.07) is 10.3. The molecule has 0 unspecified atom stereocenters. The lowest BCUT2D eigenvalue weighted by molar-refractivity contribution is -0.149. The standard InChI is InChI=1S/C21H23NO6/c1-13-5-6-14(2)17(9-13)22-20(24)11-28-21(25)12-27-18-8-7-16(15(3)23)10-19(18)26-4/h5-10H,11-12H2,1-4H3,(H,22,24). The van der Waals surface area contributed by atoms with Crippen LogP contribution in [0.1, 0.15) is 28.4 Å². The number of anilines is 1. The van der Waals surface area contributed by atoms with Crippen molar-refractivity contribution in [1.82, 2.24) is 0 Å². The first kappa shape index (κ1) is 21.0. The number of methoxy groups -OCH3 is 1. The summed E-state index contributed by atoms with van der Waals surface area (Å²) in [5, 5.41) is 2.71. The fraction of sp³-hybridized carbons (Fsp3) is 0.286. The van der Waals surface area contributed by atoms with Crippen molar-refractivity contribution in [2.24, 2.45) is 0 Å². The lowest BCUT2D eigenvalue weighted by atomic mass is 10.1. The molecule has 2 aromatic rings. The molecule has 0 aliphatic heterocycles. The van der Waals surface area contributed by atoms with Gasteiger partial charge in [-0.15, -0.1) is 0 Å². The number of carbonyl (C=O) groups is 3. The smallest absolute Gasteiger partial charge is 0.344 e. The summed E-state index contributed by atoms with van der Waals surface area (Å²) >= 11 is 0. The van der Waals surface area contributed by atoms with Gasteiger partial charge in [0, 0.05) is 11.3 Å². The van der Waals surface area contributed by atoms with Crippen LogP contribution < -0.4 is 14.8 Å². The second-order valence-corrected chi connectivity index (χ2v) is 6.24. The van der Waals surface area contributed by atoms with Crippen LogP contribution in [0, 0.1) is 13.8 Å². The number of hydrogen-bond donors (Lipinski definition) is 1. The molecule has 0 saturated heterocycles. The average molecular weight is 385 g/mol. The maximum Gasteiger partial charge on any atom is 0.344 e. The Morgan fingerprint density at radius 1 is 0.964 bits per heavy atom. The molecule has 0 atom stereocenters. The Bertz CT molecular complexity index is 890. The molecule has 28 heavy (non-hydrogen) atoms. The number of amides is 1. The van der Waals surface area contributed by atoms with E-state index < -0.39 is 25.1 Å². The zero-order chi connectivity index (χ0) is 20.7. The second-order valence-electron chi connectivity index (χ2n) is 6.24. The Balaban J connectivity index is 1.85. The van der Waals surface area contributed by atoms with Gasteiger partial charge in [0.15, 0.2) is 30.5 Å². The SMILES string of the molecule is COc1cc(C(C)=O)ccc1OCC(=O)OCC(=O)Nc1cc(C)ccc1C. The third-order valence-electron chi connectivity index (χ3n) is 3.95. The highest BCUT2D eigenvalue weighted by Crippen LogP contribution is 2.28. The molecule has 0 bridgehead atoms. The Labute approximate surface area is 163 Å². The minimum Gasteiger partial charge on any atom is -0.493 e. The van der Waals surface area contributed by atoms with Gasteiger partial charge in [-0.3, -0.25) is 9.59 Å². The molecule has 7 heteroatoms. The van der Waals surface area contributed by atoms with Crippen LogP contribution in [-0.4, -0.2) is 38.0 Å². The number of benzene rings is 2. The predicted octanol–water partition coefficient (Wildman–Crippen LogP) is 3.08. The van der Waals surface area contributed by atoms with Gasteiger partial charge in [-0.2, -0.15) is 0 Å². The highest BCUT2D eigenvalue weighted by molar-refractivity contribution is 5.95. The molecule has 0 aromatic heterocycles. The molecular weight excluding hydrogens is 362 g/mol. The Hall–Kier alpha value is -3.35. The molecule has 0 heterocycles. The molecule has 0 aliphatic carbocycles. The van der Waals surface area contributed by atoms with Crippen molar-refractivity contribution in [1.29, 1.82) is 0 Å². The third-order valence-corrected chi connectivity index (χ3v) is 3.95. The zero-order valence-corrected chi connectivity index (χ0v) is 16.3. The van der Waals surface area contributed by atoms with Crippen molar-refractivity contribution >= 4 is 23.3 Å². The quantitative estimate of drug-likeness (QED) is 0.555. The lowest BCUT2D eigenvalue weighted by Gasteiger charge is -2.12. The van der Waals surface area contributed by atoms with Gasteiger partial charge in [-0.25, -0.2) is 4.79 Å². The van der Waals surface area contributed by atoms with Gasteiger partial charge in [-0.05, 0) is 56.2 Å². The molecule has 0 aliphatic rings. The van der Waals surface area contributed by atoms with E-state index >= 15 is 0 Å². The van der Waals surface area contributed by atoms with E-state index in [4.69, 9.17) is 14.2 Å². The largest absolute Gasteiger partial charge is 0.493 e. The van der Waals surface area contributed by atoms with Gasteiger partial charge in [0.1, 0.15) is 0 Å². The number of rotatable bonds is 8. The Morgan fingerprint density at radius 3 is 2.39 bits per heavy atom. The number of carbonyl (C=O) groups excluding carboxylic acids is 3. The summed E-state index contributed by atoms with van der Waals surface area (Å²) in [6.07, 6.45) is 0. The number of aryl methyl sites for hydroxylation is 2. The first-order chi connectivity index (χ1) is 13.3. The molecular formula is C21H23NO6. The number of hydrogen-bond acceptors (Lipinski definition) is 6. The Kier molecular flexibility index (Phi) is 7.14. The summed E-state index contributed by atoms with van der Waals surface area (Å²) < 4.78 is 15.5. The predicted molar refractivity (Wildman–Crippen MR) is 104 cm³/mol. The van der Waals surface area contributed by atoms with Gasteiger partial charge < -0.3 is 19.5 Å². The van der Waals surface area contributed by atoms with E-state index in [9.17, 15) is 14.4 Å². The first-order valence-corrected chi connectivity index (χ1v) is 8.64. The summed E-state index contributed by atoms with van der Waals surface area (Å²) in [5.41, 5.74) is 3.06. The summed E-state index contributed by atoms with van der Waals surface area (Å²) in [4.78, 5) is 35.2. The van der Waals surface area contributed by atoms with Gasteiger partial charge in [0.25, 0.3) is 5.91 Å². The van der Waals surface area contributed by atoms with E-state index in [1.165, 1.54) is 26.2 Å². The van der Waals surface area contributed by atoms with Crippen molar-refractivity contribution in [3.63, 3.8) is 0 Å². The molecule has 0 radical (unpaired) electrons. The van der Waals surface area contributed by atoms with Crippen LogP contribution in [-0.2, 0) is 14.3 Å². The zero-order valence-electron chi connectivity index (χ0n) is 16.3. The molecule has 0 saturated carbocycles. The minimum absolute atomic E-state index is 0.112. The highest BCUT2D eigenvalue weighted by Gasteiger charge is 2.13. The summed E-state index contributed by atoms with van der Waals surface area (Å²) in [5.74, 6) is -0.629. The van der Waals surface area contributed by atoms with E-state index in [0.717, 1.165) is 11.1 Å². The normalized spacial score (nSPS) is 10.1. The van der Waals surface area contributed by atoms with E-state index in [1.807, 2.05) is 32.0 Å². The average Bonchev–Trinajstić information content (AvgIpc) is 2.67. The molecule has 2 aromatic carbocycles. The van der Waals surface area contributed by atoms with Crippen LogP contribution in [0.25, 0.3) is 0 Å². The molecule has 1 N–H and O–H groups in total. The molecule has 0 fully saturated rings. The monoisotopic (exact) mass is 385 g/mol. The van der Waals surface area contributed by atoms with Crippen LogP contribution in [0.5, 0.6) is 11.5 Å². The second kappa shape index (κ2) is 9.55. The number of nitrogens with one attached hydrogen (secondary N) is 1. The maximum atomic E-state index is 12.0. The van der Waals surface area contributed by atoms with Gasteiger partial charge in [-0.1, -0.05) is 12.1 Å². The van der Waals surface area contributed by atoms with Crippen molar-refractivity contribution in [3.8, 4) is 11.5 Å². The fourth-order valence-corrected chi connectivity index (χ4v) is 2.39. The van der Waals surface area contributed by atoms with Gasteiger partial charge >= 0.3 is 5.97 Å². The summed E-state index contributed by atoms with van der Waals surface area (Å²) in [6.45, 7) is 4.42. The topological polar surface area (TPSA) is 90.9 Å². The van der Waals surface area contributed by atoms with Crippen LogP contribution >= 0.6 is 0 Å². The van der Waals surface area contributed by atoms with Crippen LogP contribution in [0.2, 0.25) is 0 Å². The van der Waals surface area contributed by atoms with Crippen LogP contribution in [0.3, 0.4) is 0 Å². The van der Waals surface area contributed by atoms with Crippen molar-refractivity contribution in [2.75, 3.05) is 25.6 Å².